The van der Waals surface area contributed by atoms with E-state index in [2.05, 4.69) is 15.6 Å². The molecule has 0 aromatic carbocycles. The van der Waals surface area contributed by atoms with E-state index in [1.165, 1.54) is 43.4 Å². The van der Waals surface area contributed by atoms with Gasteiger partial charge in [-0.05, 0) is 73.8 Å². The summed E-state index contributed by atoms with van der Waals surface area (Å²) >= 11 is 0. The van der Waals surface area contributed by atoms with Gasteiger partial charge in [-0.3, -0.25) is 9.20 Å². The van der Waals surface area contributed by atoms with Gasteiger partial charge in [-0.1, -0.05) is 6.07 Å². The van der Waals surface area contributed by atoms with E-state index in [1.807, 2.05) is 28.8 Å². The fourth-order valence-corrected chi connectivity index (χ4v) is 6.69. The van der Waals surface area contributed by atoms with Crippen LogP contribution in [0.4, 0.5) is 4.79 Å². The molecule has 0 saturated heterocycles. The van der Waals surface area contributed by atoms with Gasteiger partial charge in [0.15, 0.2) is 0 Å². The van der Waals surface area contributed by atoms with E-state index in [0.717, 1.165) is 35.6 Å². The van der Waals surface area contributed by atoms with E-state index >= 15 is 0 Å². The van der Waals surface area contributed by atoms with E-state index in [4.69, 9.17) is 0 Å². The molecule has 7 nitrogen and oxygen atoms in total. The summed E-state index contributed by atoms with van der Waals surface area (Å²) in [4.78, 5) is 30.9. The summed E-state index contributed by atoms with van der Waals surface area (Å²) < 4.78 is 1.87. The first kappa shape index (κ1) is 20.3. The maximum atomic E-state index is 13.1. The third-order valence-corrected chi connectivity index (χ3v) is 7.63. The van der Waals surface area contributed by atoms with Crippen molar-refractivity contribution in [1.29, 1.82) is 0 Å². The van der Waals surface area contributed by atoms with Crippen LogP contribution in [0.5, 0.6) is 0 Å². The lowest BCUT2D eigenvalue weighted by molar-refractivity contribution is -0.0503. The summed E-state index contributed by atoms with van der Waals surface area (Å²) in [5.41, 5.74) is 2.57. The second-order valence-corrected chi connectivity index (χ2v) is 10.3. The highest BCUT2D eigenvalue weighted by Crippen LogP contribution is 2.59. The minimum absolute atomic E-state index is 0.0220. The van der Waals surface area contributed by atoms with Crippen LogP contribution < -0.4 is 10.6 Å². The Morgan fingerprint density at radius 3 is 2.42 bits per heavy atom. The molecule has 4 aliphatic carbocycles. The molecule has 0 aliphatic heterocycles. The quantitative estimate of drug-likeness (QED) is 0.749. The lowest BCUT2D eigenvalue weighted by atomic mass is 9.49. The van der Waals surface area contributed by atoms with Crippen LogP contribution in [0.1, 0.15) is 54.7 Å². The minimum Gasteiger partial charge on any atom is -0.350 e. The van der Waals surface area contributed by atoms with Crippen LogP contribution in [0.25, 0.3) is 5.65 Å². The second-order valence-electron chi connectivity index (χ2n) is 10.3. The summed E-state index contributed by atoms with van der Waals surface area (Å²) in [6.07, 6.45) is 10.6. The van der Waals surface area contributed by atoms with Gasteiger partial charge in [0, 0.05) is 39.8 Å². The lowest BCUT2D eigenvalue weighted by Gasteiger charge is -2.56. The minimum atomic E-state index is -0.117. The van der Waals surface area contributed by atoms with Gasteiger partial charge in [-0.2, -0.15) is 0 Å². The molecular weight excluding hydrogens is 390 g/mol. The predicted molar refractivity (Wildman–Crippen MR) is 119 cm³/mol. The van der Waals surface area contributed by atoms with Crippen molar-refractivity contribution in [1.82, 2.24) is 24.9 Å². The third kappa shape index (κ3) is 4.02. The monoisotopic (exact) mass is 423 g/mol. The highest BCUT2D eigenvalue weighted by molar-refractivity contribution is 5.93. The van der Waals surface area contributed by atoms with Gasteiger partial charge in [-0.25, -0.2) is 9.78 Å². The first-order valence-electron chi connectivity index (χ1n) is 11.6. The number of aromatic nitrogens is 2. The maximum Gasteiger partial charge on any atom is 0.316 e. The number of hydrogen-bond donors (Lipinski definition) is 2. The van der Waals surface area contributed by atoms with Gasteiger partial charge in [-0.15, -0.1) is 0 Å². The molecule has 4 aliphatic rings. The summed E-state index contributed by atoms with van der Waals surface area (Å²) in [7, 11) is 3.43. The van der Waals surface area contributed by atoms with Crippen molar-refractivity contribution in [2.75, 3.05) is 27.2 Å². The number of carbonyl (C=O) groups excluding carboxylic acids is 2. The van der Waals surface area contributed by atoms with Crippen molar-refractivity contribution in [3.05, 3.63) is 35.8 Å². The fraction of sp³-hybridized carbons (Fsp3) is 0.625. The number of carbonyl (C=O) groups is 2. The molecule has 7 heteroatoms. The first-order chi connectivity index (χ1) is 14.9. The molecule has 31 heavy (non-hydrogen) atoms. The molecule has 0 radical (unpaired) electrons. The molecule has 6 rings (SSSR count). The van der Waals surface area contributed by atoms with Gasteiger partial charge in [0.1, 0.15) is 11.3 Å². The Morgan fingerprint density at radius 1 is 1.10 bits per heavy atom. The van der Waals surface area contributed by atoms with Gasteiger partial charge < -0.3 is 15.5 Å². The average molecular weight is 424 g/mol. The number of urea groups is 1. The Kier molecular flexibility index (Phi) is 5.15. The van der Waals surface area contributed by atoms with E-state index in [0.29, 0.717) is 24.1 Å². The number of nitrogens with one attached hydrogen (secondary N) is 2. The molecule has 3 amide bonds. The van der Waals surface area contributed by atoms with E-state index < -0.39 is 0 Å². The first-order valence-corrected chi connectivity index (χ1v) is 11.6. The molecule has 4 bridgehead atoms. The second kappa shape index (κ2) is 7.84. The van der Waals surface area contributed by atoms with Crippen molar-refractivity contribution in [3.63, 3.8) is 0 Å². The Balaban J connectivity index is 1.25. The molecule has 0 atom stereocenters. The summed E-state index contributed by atoms with van der Waals surface area (Å²) in [5.74, 6) is 2.63. The number of imidazole rings is 1. The van der Waals surface area contributed by atoms with Crippen LogP contribution in [0.3, 0.4) is 0 Å². The molecule has 4 fully saturated rings. The smallest absolute Gasteiger partial charge is 0.316 e. The molecule has 4 saturated carbocycles. The summed E-state index contributed by atoms with van der Waals surface area (Å²) in [6.45, 7) is 1.30. The number of fused-ring (bicyclic) bond motifs is 1. The molecule has 2 aromatic rings. The largest absolute Gasteiger partial charge is 0.350 e. The lowest BCUT2D eigenvalue weighted by Crippen LogP contribution is -2.51. The van der Waals surface area contributed by atoms with E-state index in [9.17, 15) is 9.59 Å². The van der Waals surface area contributed by atoms with Crippen LogP contribution in [0.15, 0.2) is 24.4 Å². The molecule has 2 N–H and O–H groups in total. The van der Waals surface area contributed by atoms with Crippen molar-refractivity contribution in [2.45, 2.75) is 44.9 Å². The van der Waals surface area contributed by atoms with Crippen molar-refractivity contribution in [3.8, 4) is 0 Å². The average Bonchev–Trinajstić information content (AvgIpc) is 3.14. The van der Waals surface area contributed by atoms with Crippen LogP contribution in [0.2, 0.25) is 0 Å². The highest BCUT2D eigenvalue weighted by Gasteiger charge is 2.50. The van der Waals surface area contributed by atoms with E-state index in [1.54, 1.807) is 14.1 Å². The van der Waals surface area contributed by atoms with Crippen molar-refractivity contribution in [2.24, 2.45) is 23.2 Å². The Morgan fingerprint density at radius 2 is 1.77 bits per heavy atom. The van der Waals surface area contributed by atoms with Crippen molar-refractivity contribution < 1.29 is 9.59 Å². The number of rotatable bonds is 6. The topological polar surface area (TPSA) is 78.7 Å². The molecule has 2 aromatic heterocycles. The van der Waals surface area contributed by atoms with Crippen LogP contribution in [-0.4, -0.2) is 53.4 Å². The van der Waals surface area contributed by atoms with Crippen LogP contribution in [-0.2, 0) is 6.42 Å². The Labute approximate surface area is 183 Å². The molecule has 2 heterocycles. The van der Waals surface area contributed by atoms with Gasteiger partial charge in [0.25, 0.3) is 5.91 Å². The standard InChI is InChI=1S/C24H33N5O2/c1-28(2)23(31)25-7-6-19-14-29-20(4-3-5-21(29)27-19)22(30)26-15-24-11-16-8-17(12-24)10-18(9-16)13-24/h3-5,14,16-18H,6-13,15H2,1-2H3,(H,25,31)(H,26,30). The highest BCUT2D eigenvalue weighted by atomic mass is 16.2. The maximum absolute atomic E-state index is 13.1. The molecule has 0 spiro atoms. The fourth-order valence-electron chi connectivity index (χ4n) is 6.69. The van der Waals surface area contributed by atoms with E-state index in [-0.39, 0.29) is 11.9 Å². The SMILES string of the molecule is CN(C)C(=O)NCCc1cn2c(C(=O)NCC34CC5CC(CC(C5)C3)C4)cccc2n1. The molecule has 0 unspecified atom stereocenters. The van der Waals surface area contributed by atoms with Crippen LogP contribution in [0, 0.1) is 23.2 Å². The molecular formula is C24H33N5O2. The van der Waals surface area contributed by atoms with Gasteiger partial charge in [0.2, 0.25) is 0 Å². The predicted octanol–water partition coefficient (Wildman–Crippen LogP) is 3.09. The Bertz CT molecular complexity index is 960. The summed E-state index contributed by atoms with van der Waals surface area (Å²) in [6, 6.07) is 5.55. The van der Waals surface area contributed by atoms with Crippen molar-refractivity contribution >= 4 is 17.6 Å². The number of nitrogens with zero attached hydrogens (tertiary/aromatic N) is 3. The normalized spacial score (nSPS) is 28.6. The van der Waals surface area contributed by atoms with Crippen LogP contribution >= 0.6 is 0 Å². The zero-order chi connectivity index (χ0) is 21.6. The number of amides is 3. The number of pyridine rings is 1. The van der Waals surface area contributed by atoms with Gasteiger partial charge in [0.05, 0.1) is 5.69 Å². The zero-order valence-corrected chi connectivity index (χ0v) is 18.6. The third-order valence-electron chi connectivity index (χ3n) is 7.63. The number of hydrogen-bond acceptors (Lipinski definition) is 3. The zero-order valence-electron chi connectivity index (χ0n) is 18.6. The summed E-state index contributed by atoms with van der Waals surface area (Å²) in [5, 5.41) is 6.13. The molecule has 166 valence electrons. The Hall–Kier alpha value is -2.57. The van der Waals surface area contributed by atoms with Gasteiger partial charge >= 0.3 is 6.03 Å².